The van der Waals surface area contributed by atoms with E-state index in [0.717, 1.165) is 0 Å². The van der Waals surface area contributed by atoms with E-state index in [1.165, 1.54) is 23.5 Å². The molecule has 25 heavy (non-hydrogen) atoms. The van der Waals surface area contributed by atoms with Gasteiger partial charge in [0.2, 0.25) is 0 Å². The fraction of sp³-hybridized carbons (Fsp3) is 0.556. The van der Waals surface area contributed by atoms with E-state index >= 15 is 0 Å². The van der Waals surface area contributed by atoms with Gasteiger partial charge in [-0.25, -0.2) is 0 Å². The van der Waals surface area contributed by atoms with Gasteiger partial charge in [-0.05, 0) is 41.5 Å². The monoisotopic (exact) mass is 381 g/mol. The molecule has 0 unspecified atom stereocenters. The predicted molar refractivity (Wildman–Crippen MR) is 101 cm³/mol. The third kappa shape index (κ3) is 4.64. The number of thioether (sulfide) groups is 2. The van der Waals surface area contributed by atoms with Gasteiger partial charge in [-0.15, -0.1) is 23.5 Å². The fourth-order valence-corrected chi connectivity index (χ4v) is 6.02. The topological polar surface area (TPSA) is 66.8 Å². The minimum atomic E-state index is -0.835. The van der Waals surface area contributed by atoms with Crippen molar-refractivity contribution in [2.45, 2.75) is 17.9 Å². The molecule has 1 amide bonds. The Morgan fingerprint density at radius 2 is 1.88 bits per heavy atom. The lowest BCUT2D eigenvalue weighted by Gasteiger charge is -2.21. The van der Waals surface area contributed by atoms with Gasteiger partial charge in [0.1, 0.15) is 5.75 Å². The highest BCUT2D eigenvalue weighted by molar-refractivity contribution is 8.16. The van der Waals surface area contributed by atoms with Crippen LogP contribution in [0.25, 0.3) is 0 Å². The third-order valence-corrected chi connectivity index (χ3v) is 7.64. The molecule has 2 aliphatic heterocycles. The van der Waals surface area contributed by atoms with E-state index in [-0.39, 0.29) is 25.0 Å². The van der Waals surface area contributed by atoms with Crippen LogP contribution in [0.15, 0.2) is 24.3 Å². The lowest BCUT2D eigenvalue weighted by molar-refractivity contribution is -0.142. The van der Waals surface area contributed by atoms with Crippen molar-refractivity contribution in [1.29, 1.82) is 0 Å². The number of carbonyl (C=O) groups is 2. The zero-order chi connectivity index (χ0) is 17.8. The Hall–Kier alpha value is -1.34. The Morgan fingerprint density at radius 3 is 2.48 bits per heavy atom. The molecule has 3 rings (SSSR count). The molecule has 7 heteroatoms. The van der Waals surface area contributed by atoms with E-state index in [9.17, 15) is 9.59 Å². The quantitative estimate of drug-likeness (QED) is 0.845. The Morgan fingerprint density at radius 1 is 1.20 bits per heavy atom. The van der Waals surface area contributed by atoms with Crippen molar-refractivity contribution in [3.63, 3.8) is 0 Å². The molecule has 2 aliphatic rings. The van der Waals surface area contributed by atoms with Crippen LogP contribution in [-0.2, 0) is 9.59 Å². The number of ether oxygens (including phenoxy) is 1. The molecule has 2 saturated heterocycles. The molecule has 2 heterocycles. The Kier molecular flexibility index (Phi) is 6.17. The summed E-state index contributed by atoms with van der Waals surface area (Å²) in [6.45, 7) is 2.57. The van der Waals surface area contributed by atoms with Gasteiger partial charge in [-0.3, -0.25) is 9.59 Å². The smallest absolute Gasteiger partial charge is 0.308 e. The van der Waals surface area contributed by atoms with E-state index in [0.29, 0.717) is 16.9 Å². The highest BCUT2D eigenvalue weighted by Gasteiger charge is 2.36. The largest absolute Gasteiger partial charge is 0.484 e. The molecule has 0 saturated carbocycles. The van der Waals surface area contributed by atoms with E-state index in [2.05, 4.69) is 12.1 Å². The second kappa shape index (κ2) is 8.36. The van der Waals surface area contributed by atoms with E-state index in [1.54, 1.807) is 4.90 Å². The molecule has 0 bridgehead atoms. The maximum absolute atomic E-state index is 12.2. The normalized spacial score (nSPS) is 24.3. The van der Waals surface area contributed by atoms with Gasteiger partial charge in [-0.1, -0.05) is 19.1 Å². The van der Waals surface area contributed by atoms with Crippen LogP contribution in [0.1, 0.15) is 23.5 Å². The van der Waals surface area contributed by atoms with Gasteiger partial charge < -0.3 is 14.7 Å². The molecule has 1 aromatic carbocycles. The second-order valence-electron chi connectivity index (χ2n) is 6.51. The summed E-state index contributed by atoms with van der Waals surface area (Å²) in [4.78, 5) is 25.0. The zero-order valence-corrected chi connectivity index (χ0v) is 15.9. The van der Waals surface area contributed by atoms with Crippen molar-refractivity contribution in [3.8, 4) is 5.75 Å². The minimum Gasteiger partial charge on any atom is -0.484 e. The molecule has 2 fully saturated rings. The SMILES string of the molecule is C[C@@H]1CN(C(=O)COc2ccc(C3SCCCS3)cc2)C[C@H]1C(=O)O. The number of benzene rings is 1. The predicted octanol–water partition coefficient (Wildman–Crippen LogP) is 3.11. The van der Waals surface area contributed by atoms with Crippen LogP contribution in [0.3, 0.4) is 0 Å². The zero-order valence-electron chi connectivity index (χ0n) is 14.2. The first-order chi connectivity index (χ1) is 12.0. The first-order valence-electron chi connectivity index (χ1n) is 8.51. The number of amides is 1. The van der Waals surface area contributed by atoms with Crippen molar-refractivity contribution in [2.75, 3.05) is 31.2 Å². The number of carbonyl (C=O) groups excluding carboxylic acids is 1. The summed E-state index contributed by atoms with van der Waals surface area (Å²) in [7, 11) is 0. The number of rotatable bonds is 5. The van der Waals surface area contributed by atoms with Crippen molar-refractivity contribution in [2.24, 2.45) is 11.8 Å². The molecular formula is C18H23NO4S2. The molecular weight excluding hydrogens is 358 g/mol. The number of likely N-dealkylation sites (tertiary alicyclic amines) is 1. The Labute approximate surface area is 156 Å². The number of carboxylic acids is 1. The highest BCUT2D eigenvalue weighted by Crippen LogP contribution is 2.43. The molecule has 1 aromatic rings. The second-order valence-corrected chi connectivity index (χ2v) is 9.23. The molecule has 0 aliphatic carbocycles. The van der Waals surface area contributed by atoms with Gasteiger partial charge in [0.05, 0.1) is 10.5 Å². The average Bonchev–Trinajstić information content (AvgIpc) is 3.03. The lowest BCUT2D eigenvalue weighted by Crippen LogP contribution is -2.33. The standard InChI is InChI=1S/C18H23NO4S2/c1-12-9-19(10-15(12)17(21)22)16(20)11-23-14-5-3-13(4-6-14)18-24-7-2-8-25-18/h3-6,12,15,18H,2,7-11H2,1H3,(H,21,22)/t12-,15-/m1/s1. The summed E-state index contributed by atoms with van der Waals surface area (Å²) < 4.78 is 6.09. The minimum absolute atomic E-state index is 0.0220. The molecule has 1 N–H and O–H groups in total. The van der Waals surface area contributed by atoms with Crippen LogP contribution in [-0.4, -0.2) is 53.1 Å². The maximum Gasteiger partial charge on any atom is 0.308 e. The van der Waals surface area contributed by atoms with Gasteiger partial charge in [0, 0.05) is 13.1 Å². The van der Waals surface area contributed by atoms with Crippen molar-refractivity contribution >= 4 is 35.4 Å². The van der Waals surface area contributed by atoms with Crippen LogP contribution in [0, 0.1) is 11.8 Å². The molecule has 2 atom stereocenters. The average molecular weight is 382 g/mol. The van der Waals surface area contributed by atoms with Crippen molar-refractivity contribution < 1.29 is 19.4 Å². The van der Waals surface area contributed by atoms with Crippen LogP contribution in [0.2, 0.25) is 0 Å². The molecule has 0 aromatic heterocycles. The van der Waals surface area contributed by atoms with E-state index in [4.69, 9.17) is 9.84 Å². The van der Waals surface area contributed by atoms with Gasteiger partial charge in [-0.2, -0.15) is 0 Å². The summed E-state index contributed by atoms with van der Waals surface area (Å²) in [6, 6.07) is 7.94. The number of hydrogen-bond acceptors (Lipinski definition) is 5. The summed E-state index contributed by atoms with van der Waals surface area (Å²) >= 11 is 3.95. The first-order valence-corrected chi connectivity index (χ1v) is 10.6. The molecule has 136 valence electrons. The van der Waals surface area contributed by atoms with E-state index in [1.807, 2.05) is 42.6 Å². The number of carboxylic acid groups (broad SMARTS) is 1. The number of nitrogens with zero attached hydrogens (tertiary/aromatic N) is 1. The van der Waals surface area contributed by atoms with Gasteiger partial charge in [0.15, 0.2) is 6.61 Å². The third-order valence-electron chi connectivity index (χ3n) is 4.62. The van der Waals surface area contributed by atoms with Crippen LogP contribution in [0.4, 0.5) is 0 Å². The van der Waals surface area contributed by atoms with Crippen LogP contribution in [0.5, 0.6) is 5.75 Å². The Balaban J connectivity index is 1.50. The molecule has 0 spiro atoms. The number of hydrogen-bond donors (Lipinski definition) is 1. The summed E-state index contributed by atoms with van der Waals surface area (Å²) in [5.41, 5.74) is 1.28. The fourth-order valence-electron chi connectivity index (χ4n) is 3.13. The van der Waals surface area contributed by atoms with Crippen molar-refractivity contribution in [1.82, 2.24) is 4.90 Å². The molecule has 0 radical (unpaired) electrons. The van der Waals surface area contributed by atoms with Gasteiger partial charge in [0.25, 0.3) is 5.91 Å². The van der Waals surface area contributed by atoms with Crippen LogP contribution < -0.4 is 4.74 Å². The van der Waals surface area contributed by atoms with Crippen molar-refractivity contribution in [3.05, 3.63) is 29.8 Å². The lowest BCUT2D eigenvalue weighted by atomic mass is 9.99. The maximum atomic E-state index is 12.2. The highest BCUT2D eigenvalue weighted by atomic mass is 32.2. The summed E-state index contributed by atoms with van der Waals surface area (Å²) in [6.07, 6.45) is 1.27. The number of aliphatic carboxylic acids is 1. The first kappa shape index (κ1) is 18.5. The summed E-state index contributed by atoms with van der Waals surface area (Å²) in [5, 5.41) is 9.15. The molecule has 5 nitrogen and oxygen atoms in total. The van der Waals surface area contributed by atoms with E-state index < -0.39 is 11.9 Å². The Bertz CT molecular complexity index is 616. The van der Waals surface area contributed by atoms with Gasteiger partial charge >= 0.3 is 5.97 Å². The van der Waals surface area contributed by atoms with Crippen LogP contribution >= 0.6 is 23.5 Å². The summed E-state index contributed by atoms with van der Waals surface area (Å²) in [5.74, 6) is 1.59.